The van der Waals surface area contributed by atoms with Gasteiger partial charge in [-0.1, -0.05) is 277 Å². The van der Waals surface area contributed by atoms with Crippen LogP contribution >= 0.6 is 7.82 Å². The highest BCUT2D eigenvalue weighted by Gasteiger charge is 2.26. The Kier molecular flexibility index (Phi) is 49.5. The topological polar surface area (TPSA) is 91.3 Å². The second-order valence-corrected chi connectivity index (χ2v) is 22.5. The standard InChI is InChI=1S/C56H114NO7P/c1-6-8-10-12-14-16-18-20-22-24-26-28-29-30-31-33-35-37-39-41-43-45-47-49-56(58)64-55(54-63-65(59,60)62-52-50-57(3,4)5)53-61-51-48-46-44-42-40-38-36-34-32-27-25-23-21-19-17-15-13-11-9-7-2/h55H,6-54H2,1-5H3/p+1/t55-/m1/s1. The second kappa shape index (κ2) is 49.9. The van der Waals surface area contributed by atoms with Crippen LogP contribution in [0, 0.1) is 0 Å². The molecular weight excluding hydrogens is 830 g/mol. The predicted molar refractivity (Wildman–Crippen MR) is 280 cm³/mol. The Morgan fingerprint density at radius 1 is 0.415 bits per heavy atom. The summed E-state index contributed by atoms with van der Waals surface area (Å²) >= 11 is 0. The van der Waals surface area contributed by atoms with Gasteiger partial charge in [-0.3, -0.25) is 13.8 Å². The number of unbranched alkanes of at least 4 members (excludes halogenated alkanes) is 41. The zero-order chi connectivity index (χ0) is 47.6. The molecule has 0 spiro atoms. The lowest BCUT2D eigenvalue weighted by atomic mass is 10.0. The number of phosphoric ester groups is 1. The summed E-state index contributed by atoms with van der Waals surface area (Å²) in [6, 6.07) is 0. The number of ether oxygens (including phenoxy) is 2. The molecule has 65 heavy (non-hydrogen) atoms. The van der Waals surface area contributed by atoms with Crippen molar-refractivity contribution >= 4 is 13.8 Å². The van der Waals surface area contributed by atoms with Crippen LogP contribution < -0.4 is 0 Å². The average Bonchev–Trinajstić information content (AvgIpc) is 3.27. The van der Waals surface area contributed by atoms with Crippen molar-refractivity contribution in [2.75, 3.05) is 54.1 Å². The fourth-order valence-corrected chi connectivity index (χ4v) is 9.48. The molecule has 0 aliphatic rings. The van der Waals surface area contributed by atoms with Crippen molar-refractivity contribution in [2.45, 2.75) is 302 Å². The number of rotatable bonds is 55. The molecule has 0 aliphatic carbocycles. The average molecular weight is 946 g/mol. The van der Waals surface area contributed by atoms with E-state index in [2.05, 4.69) is 13.8 Å². The summed E-state index contributed by atoms with van der Waals surface area (Å²) in [6.45, 7) is 5.72. The normalized spacial score (nSPS) is 13.4. The molecule has 9 heteroatoms. The third kappa shape index (κ3) is 54.3. The summed E-state index contributed by atoms with van der Waals surface area (Å²) in [5.74, 6) is -0.303. The Morgan fingerprint density at radius 3 is 1.02 bits per heavy atom. The lowest BCUT2D eigenvalue weighted by Crippen LogP contribution is -2.37. The van der Waals surface area contributed by atoms with Crippen molar-refractivity contribution in [1.29, 1.82) is 0 Å². The van der Waals surface area contributed by atoms with Crippen LogP contribution in [0.4, 0.5) is 0 Å². The highest BCUT2D eigenvalue weighted by Crippen LogP contribution is 2.43. The summed E-state index contributed by atoms with van der Waals surface area (Å²) in [5.41, 5.74) is 0. The van der Waals surface area contributed by atoms with Crippen LogP contribution in [0.1, 0.15) is 296 Å². The molecule has 390 valence electrons. The van der Waals surface area contributed by atoms with Crippen LogP contribution in [0.15, 0.2) is 0 Å². The van der Waals surface area contributed by atoms with E-state index in [9.17, 15) is 14.3 Å². The molecule has 0 bridgehead atoms. The van der Waals surface area contributed by atoms with E-state index in [4.69, 9.17) is 18.5 Å². The van der Waals surface area contributed by atoms with Gasteiger partial charge in [0, 0.05) is 13.0 Å². The maximum absolute atomic E-state index is 12.8. The Bertz CT molecular complexity index is 1010. The maximum Gasteiger partial charge on any atom is 0.472 e. The number of quaternary nitrogens is 1. The molecule has 0 heterocycles. The number of likely N-dealkylation sites (N-methyl/N-ethyl adjacent to an activating group) is 1. The van der Waals surface area contributed by atoms with Gasteiger partial charge in [-0.05, 0) is 12.8 Å². The summed E-state index contributed by atoms with van der Waals surface area (Å²) in [4.78, 5) is 23.1. The monoisotopic (exact) mass is 945 g/mol. The lowest BCUT2D eigenvalue weighted by Gasteiger charge is -2.24. The van der Waals surface area contributed by atoms with E-state index in [-0.39, 0.29) is 25.8 Å². The van der Waals surface area contributed by atoms with Crippen LogP contribution in [-0.4, -0.2) is 75.6 Å². The second-order valence-electron chi connectivity index (χ2n) is 21.0. The quantitative estimate of drug-likeness (QED) is 0.0281. The molecule has 8 nitrogen and oxygen atoms in total. The summed E-state index contributed by atoms with van der Waals surface area (Å²) in [6.07, 6.45) is 57.3. The molecule has 1 N–H and O–H groups in total. The largest absolute Gasteiger partial charge is 0.472 e. The van der Waals surface area contributed by atoms with Crippen molar-refractivity contribution in [3.63, 3.8) is 0 Å². The molecule has 0 saturated heterocycles. The van der Waals surface area contributed by atoms with Crippen molar-refractivity contribution in [3.05, 3.63) is 0 Å². The highest BCUT2D eigenvalue weighted by molar-refractivity contribution is 7.47. The fourth-order valence-electron chi connectivity index (χ4n) is 8.73. The van der Waals surface area contributed by atoms with Crippen LogP contribution in [-0.2, 0) is 27.9 Å². The van der Waals surface area contributed by atoms with E-state index in [0.29, 0.717) is 24.1 Å². The zero-order valence-corrected chi connectivity index (χ0v) is 45.4. The van der Waals surface area contributed by atoms with E-state index in [1.54, 1.807) is 0 Å². The number of carbonyl (C=O) groups excluding carboxylic acids is 1. The number of carbonyl (C=O) groups is 1. The first-order valence-corrected chi connectivity index (χ1v) is 30.3. The minimum absolute atomic E-state index is 0.0945. The van der Waals surface area contributed by atoms with E-state index < -0.39 is 13.9 Å². The van der Waals surface area contributed by atoms with E-state index in [1.165, 1.54) is 244 Å². The third-order valence-corrected chi connectivity index (χ3v) is 14.2. The van der Waals surface area contributed by atoms with Crippen molar-refractivity contribution in [2.24, 2.45) is 0 Å². The highest BCUT2D eigenvalue weighted by atomic mass is 31.2. The van der Waals surface area contributed by atoms with Crippen LogP contribution in [0.5, 0.6) is 0 Å². The summed E-state index contributed by atoms with van der Waals surface area (Å²) in [7, 11) is 1.69. The van der Waals surface area contributed by atoms with Crippen molar-refractivity contribution in [1.82, 2.24) is 0 Å². The molecule has 0 rings (SSSR count). The first-order valence-electron chi connectivity index (χ1n) is 28.8. The third-order valence-electron chi connectivity index (χ3n) is 13.2. The Hall–Kier alpha value is -0.500. The minimum atomic E-state index is -4.28. The number of hydrogen-bond acceptors (Lipinski definition) is 6. The van der Waals surface area contributed by atoms with Gasteiger partial charge >= 0.3 is 13.8 Å². The fraction of sp³-hybridized carbons (Fsp3) is 0.982. The van der Waals surface area contributed by atoms with Gasteiger partial charge < -0.3 is 18.9 Å². The SMILES string of the molecule is CCCCCCCCCCCCCCCCCCCCCCCCCC(=O)O[C@H](COCCCCCCCCCCCCCCCCCCCCCC)COP(=O)(O)OCC[N+](C)(C)C. The first-order chi connectivity index (χ1) is 31.6. The molecule has 0 saturated carbocycles. The van der Waals surface area contributed by atoms with Gasteiger partial charge in [0.2, 0.25) is 0 Å². The zero-order valence-electron chi connectivity index (χ0n) is 44.5. The molecule has 0 aromatic rings. The van der Waals surface area contributed by atoms with Crippen molar-refractivity contribution < 1.29 is 37.3 Å². The molecule has 0 aromatic carbocycles. The minimum Gasteiger partial charge on any atom is -0.457 e. The molecule has 1 unspecified atom stereocenters. The van der Waals surface area contributed by atoms with Crippen LogP contribution in [0.2, 0.25) is 0 Å². The molecule has 0 fully saturated rings. The van der Waals surface area contributed by atoms with Crippen molar-refractivity contribution in [3.8, 4) is 0 Å². The predicted octanol–water partition coefficient (Wildman–Crippen LogP) is 18.0. The Morgan fingerprint density at radius 2 is 0.708 bits per heavy atom. The van der Waals surface area contributed by atoms with E-state index >= 15 is 0 Å². The lowest BCUT2D eigenvalue weighted by molar-refractivity contribution is -0.870. The summed E-state index contributed by atoms with van der Waals surface area (Å²) in [5, 5.41) is 0. The van der Waals surface area contributed by atoms with Gasteiger partial charge in [0.25, 0.3) is 0 Å². The Balaban J connectivity index is 4.01. The molecule has 0 radical (unpaired) electrons. The Labute approximate surface area is 406 Å². The van der Waals surface area contributed by atoms with Gasteiger partial charge in [0.05, 0.1) is 34.4 Å². The molecular formula is C56H115NO7P+. The molecule has 0 aromatic heterocycles. The molecule has 2 atom stereocenters. The number of esters is 1. The van der Waals surface area contributed by atoms with Crippen LogP contribution in [0.25, 0.3) is 0 Å². The van der Waals surface area contributed by atoms with Crippen LogP contribution in [0.3, 0.4) is 0 Å². The smallest absolute Gasteiger partial charge is 0.457 e. The van der Waals surface area contributed by atoms with Gasteiger partial charge in [-0.15, -0.1) is 0 Å². The van der Waals surface area contributed by atoms with E-state index in [0.717, 1.165) is 32.1 Å². The number of hydrogen-bond donors (Lipinski definition) is 1. The number of phosphoric acid groups is 1. The summed E-state index contributed by atoms with van der Waals surface area (Å²) < 4.78 is 35.3. The number of nitrogens with zero attached hydrogens (tertiary/aromatic N) is 1. The van der Waals surface area contributed by atoms with E-state index in [1.807, 2.05) is 21.1 Å². The van der Waals surface area contributed by atoms with Gasteiger partial charge in [-0.2, -0.15) is 0 Å². The van der Waals surface area contributed by atoms with Gasteiger partial charge in [-0.25, -0.2) is 4.57 Å². The molecule has 0 aliphatic heterocycles. The van der Waals surface area contributed by atoms with Gasteiger partial charge in [0.15, 0.2) is 0 Å². The first kappa shape index (κ1) is 64.5. The maximum atomic E-state index is 12.8. The van der Waals surface area contributed by atoms with Gasteiger partial charge in [0.1, 0.15) is 19.3 Å². The molecule has 0 amide bonds.